The lowest BCUT2D eigenvalue weighted by atomic mass is 9.94. The molecule has 0 amide bonds. The van der Waals surface area contributed by atoms with Gasteiger partial charge in [0.2, 0.25) is 0 Å². The molecule has 2 rings (SSSR count). The average Bonchev–Trinajstić information content (AvgIpc) is 2.83. The van der Waals surface area contributed by atoms with E-state index >= 15 is 0 Å². The molecule has 0 aliphatic rings. The second kappa shape index (κ2) is 3.54. The molecule has 1 heterocycles. The molecule has 1 aromatic heterocycles. The highest BCUT2D eigenvalue weighted by atomic mass is 19.1. The number of benzene rings is 1. The van der Waals surface area contributed by atoms with Crippen LogP contribution in [0, 0.1) is 11.3 Å². The molecule has 1 atom stereocenters. The van der Waals surface area contributed by atoms with Gasteiger partial charge in [-0.25, -0.2) is 9.37 Å². The molecule has 0 bridgehead atoms. The molecule has 15 heavy (non-hydrogen) atoms. The third-order valence-electron chi connectivity index (χ3n) is 2.11. The Morgan fingerprint density at radius 2 is 2.07 bits per heavy atom. The largest absolute Gasteiger partial charge is 0.451 e. The van der Waals surface area contributed by atoms with Crippen LogP contribution in [0.1, 0.15) is 11.3 Å². The van der Waals surface area contributed by atoms with Crippen molar-refractivity contribution in [2.24, 2.45) is 0 Å². The number of rotatable bonds is 2. The number of nitriles is 1. The molecule has 3 nitrogen and oxygen atoms in total. The van der Waals surface area contributed by atoms with Crippen LogP contribution in [0.15, 0.2) is 47.4 Å². The fraction of sp³-hybridized carbons (Fsp3) is 0.0909. The average molecular weight is 202 g/mol. The van der Waals surface area contributed by atoms with Gasteiger partial charge in [-0.1, -0.05) is 30.3 Å². The molecule has 0 fully saturated rings. The van der Waals surface area contributed by atoms with E-state index in [-0.39, 0.29) is 11.3 Å². The predicted octanol–water partition coefficient (Wildman–Crippen LogP) is 2.41. The van der Waals surface area contributed by atoms with Gasteiger partial charge < -0.3 is 4.42 Å². The normalized spacial score (nSPS) is 14.1. The standard InChI is InChI=1S/C11H7FN2O/c12-11(7-13,10-6-15-8-14-10)9-4-2-1-3-5-9/h1-6,8H. The van der Waals surface area contributed by atoms with Crippen LogP contribution in [0.25, 0.3) is 0 Å². The van der Waals surface area contributed by atoms with Gasteiger partial charge in [-0.2, -0.15) is 5.26 Å². The number of halogens is 1. The molecule has 0 aliphatic heterocycles. The quantitative estimate of drug-likeness (QED) is 0.751. The molecule has 0 radical (unpaired) electrons. The molecule has 0 saturated carbocycles. The van der Waals surface area contributed by atoms with Crippen LogP contribution < -0.4 is 0 Å². The Labute approximate surface area is 85.8 Å². The summed E-state index contributed by atoms with van der Waals surface area (Å²) < 4.78 is 19.0. The number of oxazole rings is 1. The molecule has 0 aliphatic carbocycles. The summed E-state index contributed by atoms with van der Waals surface area (Å²) in [6.45, 7) is 0. The van der Waals surface area contributed by atoms with Crippen molar-refractivity contribution in [3.63, 3.8) is 0 Å². The van der Waals surface area contributed by atoms with Crippen molar-refractivity contribution in [3.05, 3.63) is 54.2 Å². The Bertz CT molecular complexity index is 475. The molecule has 0 spiro atoms. The molecule has 1 aromatic carbocycles. The Balaban J connectivity index is 2.53. The third-order valence-corrected chi connectivity index (χ3v) is 2.11. The van der Waals surface area contributed by atoms with E-state index in [9.17, 15) is 4.39 Å². The Kier molecular flexibility index (Phi) is 2.22. The van der Waals surface area contributed by atoms with Crippen LogP contribution in [0.5, 0.6) is 0 Å². The van der Waals surface area contributed by atoms with Gasteiger partial charge in [-0.3, -0.25) is 0 Å². The SMILES string of the molecule is N#CC(F)(c1ccccc1)c1cocn1. The smallest absolute Gasteiger partial charge is 0.265 e. The van der Waals surface area contributed by atoms with Gasteiger partial charge in [0.15, 0.2) is 6.39 Å². The first-order valence-electron chi connectivity index (χ1n) is 4.32. The molecule has 0 saturated heterocycles. The molecule has 0 N–H and O–H groups in total. The summed E-state index contributed by atoms with van der Waals surface area (Å²) in [5, 5.41) is 8.90. The Morgan fingerprint density at radius 1 is 1.33 bits per heavy atom. The first-order chi connectivity index (χ1) is 7.27. The van der Waals surface area contributed by atoms with Crippen molar-refractivity contribution < 1.29 is 8.81 Å². The zero-order chi connectivity index (χ0) is 10.7. The molecular formula is C11H7FN2O. The molecule has 4 heteroatoms. The van der Waals surface area contributed by atoms with E-state index in [0.717, 1.165) is 12.7 Å². The molecule has 2 aromatic rings. The molecule has 1 unspecified atom stereocenters. The van der Waals surface area contributed by atoms with Gasteiger partial charge in [0.25, 0.3) is 5.67 Å². The number of nitrogens with zero attached hydrogens (tertiary/aromatic N) is 2. The van der Waals surface area contributed by atoms with Crippen molar-refractivity contribution in [2.75, 3.05) is 0 Å². The van der Waals surface area contributed by atoms with Crippen molar-refractivity contribution in [1.82, 2.24) is 4.98 Å². The van der Waals surface area contributed by atoms with E-state index in [1.165, 1.54) is 12.1 Å². The second-order valence-electron chi connectivity index (χ2n) is 3.01. The summed E-state index contributed by atoms with van der Waals surface area (Å²) in [4.78, 5) is 3.67. The fourth-order valence-corrected chi connectivity index (χ4v) is 1.32. The Hall–Kier alpha value is -2.15. The van der Waals surface area contributed by atoms with E-state index < -0.39 is 5.67 Å². The summed E-state index contributed by atoms with van der Waals surface area (Å²) in [5.74, 6) is 0. The summed E-state index contributed by atoms with van der Waals surface area (Å²) >= 11 is 0. The number of hydrogen-bond donors (Lipinski definition) is 0. The maximum absolute atomic E-state index is 14.3. The molecule has 74 valence electrons. The van der Waals surface area contributed by atoms with Gasteiger partial charge in [0, 0.05) is 5.56 Å². The number of aromatic nitrogens is 1. The van der Waals surface area contributed by atoms with Crippen LogP contribution in [-0.2, 0) is 5.67 Å². The highest BCUT2D eigenvalue weighted by molar-refractivity contribution is 5.37. The van der Waals surface area contributed by atoms with E-state index in [4.69, 9.17) is 5.26 Å². The van der Waals surface area contributed by atoms with Crippen LogP contribution in [0.2, 0.25) is 0 Å². The van der Waals surface area contributed by atoms with Crippen LogP contribution in [0.4, 0.5) is 4.39 Å². The van der Waals surface area contributed by atoms with Crippen molar-refractivity contribution >= 4 is 0 Å². The second-order valence-corrected chi connectivity index (χ2v) is 3.01. The number of alkyl halides is 1. The minimum atomic E-state index is -2.24. The van der Waals surface area contributed by atoms with Crippen LogP contribution in [-0.4, -0.2) is 4.98 Å². The molecular weight excluding hydrogens is 195 g/mol. The van der Waals surface area contributed by atoms with Gasteiger partial charge in [0.1, 0.15) is 18.0 Å². The zero-order valence-corrected chi connectivity index (χ0v) is 7.72. The summed E-state index contributed by atoms with van der Waals surface area (Å²) in [6.07, 6.45) is 2.24. The van der Waals surface area contributed by atoms with Crippen LogP contribution >= 0.6 is 0 Å². The zero-order valence-electron chi connectivity index (χ0n) is 7.72. The Morgan fingerprint density at radius 3 is 2.60 bits per heavy atom. The van der Waals surface area contributed by atoms with Crippen molar-refractivity contribution in [3.8, 4) is 6.07 Å². The van der Waals surface area contributed by atoms with Gasteiger partial charge >= 0.3 is 0 Å². The number of hydrogen-bond acceptors (Lipinski definition) is 3. The van der Waals surface area contributed by atoms with Crippen molar-refractivity contribution in [1.29, 1.82) is 5.26 Å². The minimum absolute atomic E-state index is 0.0313. The maximum Gasteiger partial charge on any atom is 0.265 e. The predicted molar refractivity (Wildman–Crippen MR) is 50.4 cm³/mol. The van der Waals surface area contributed by atoms with Gasteiger partial charge in [-0.15, -0.1) is 0 Å². The third kappa shape index (κ3) is 1.48. The van der Waals surface area contributed by atoms with E-state index in [2.05, 4.69) is 9.40 Å². The summed E-state index contributed by atoms with van der Waals surface area (Å²) in [5.41, 5.74) is -2.02. The first kappa shape index (κ1) is 9.41. The monoisotopic (exact) mass is 202 g/mol. The van der Waals surface area contributed by atoms with Crippen molar-refractivity contribution in [2.45, 2.75) is 5.67 Å². The highest BCUT2D eigenvalue weighted by Gasteiger charge is 2.36. The summed E-state index contributed by atoms with van der Waals surface area (Å²) in [7, 11) is 0. The highest BCUT2D eigenvalue weighted by Crippen LogP contribution is 2.31. The lowest BCUT2D eigenvalue weighted by Gasteiger charge is -2.14. The maximum atomic E-state index is 14.3. The lowest BCUT2D eigenvalue weighted by molar-refractivity contribution is 0.295. The topological polar surface area (TPSA) is 49.8 Å². The fourth-order valence-electron chi connectivity index (χ4n) is 1.32. The van der Waals surface area contributed by atoms with E-state index in [1.54, 1.807) is 24.3 Å². The van der Waals surface area contributed by atoms with E-state index in [0.29, 0.717) is 0 Å². The minimum Gasteiger partial charge on any atom is -0.451 e. The first-order valence-corrected chi connectivity index (χ1v) is 4.32. The van der Waals surface area contributed by atoms with E-state index in [1.807, 2.05) is 0 Å². The summed E-state index contributed by atoms with van der Waals surface area (Å²) in [6, 6.07) is 9.78. The van der Waals surface area contributed by atoms with Gasteiger partial charge in [0.05, 0.1) is 0 Å². The lowest BCUT2D eigenvalue weighted by Crippen LogP contribution is -2.19. The van der Waals surface area contributed by atoms with Crippen LogP contribution in [0.3, 0.4) is 0 Å². The van der Waals surface area contributed by atoms with Gasteiger partial charge in [-0.05, 0) is 0 Å².